The maximum Gasteiger partial charge on any atom is 0.0979 e. The van der Waals surface area contributed by atoms with Crippen molar-refractivity contribution in [3.05, 3.63) is 158 Å². The molecule has 2 aromatic heterocycles. The summed E-state index contributed by atoms with van der Waals surface area (Å²) in [4.78, 5) is 11.1. The minimum Gasteiger partial charge on any atom is -0.243 e. The Kier molecular flexibility index (Phi) is 5.78. The molecule has 0 saturated carbocycles. The monoisotopic (exact) mass is 614 g/mol. The molecule has 0 atom stereocenters. The van der Waals surface area contributed by atoms with E-state index in [0.29, 0.717) is 0 Å². The lowest BCUT2D eigenvalue weighted by molar-refractivity contribution is 1.31. The highest BCUT2D eigenvalue weighted by molar-refractivity contribution is 7.26. The van der Waals surface area contributed by atoms with Crippen molar-refractivity contribution >= 4 is 74.9 Å². The van der Waals surface area contributed by atoms with E-state index in [1.165, 1.54) is 52.8 Å². The molecule has 0 N–H and O–H groups in total. The van der Waals surface area contributed by atoms with Gasteiger partial charge in [-0.25, -0.2) is 9.97 Å². The van der Waals surface area contributed by atoms with Crippen LogP contribution < -0.4 is 0 Å². The molecule has 10 aromatic rings. The van der Waals surface area contributed by atoms with Crippen molar-refractivity contribution in [1.82, 2.24) is 9.97 Å². The van der Waals surface area contributed by atoms with Crippen molar-refractivity contribution in [1.29, 1.82) is 0 Å². The normalized spacial score (nSPS) is 11.8. The van der Waals surface area contributed by atoms with Crippen LogP contribution >= 0.6 is 11.3 Å². The van der Waals surface area contributed by atoms with Gasteiger partial charge in [-0.05, 0) is 44.8 Å². The molecule has 0 amide bonds. The summed E-state index contributed by atoms with van der Waals surface area (Å²) in [6.07, 6.45) is 0. The number of thiophene rings is 1. The van der Waals surface area contributed by atoms with Gasteiger partial charge in [0.15, 0.2) is 0 Å². The average Bonchev–Trinajstić information content (AvgIpc) is 3.53. The van der Waals surface area contributed by atoms with E-state index in [9.17, 15) is 0 Å². The molecule has 0 aliphatic rings. The third kappa shape index (κ3) is 4.04. The van der Waals surface area contributed by atoms with Gasteiger partial charge in [0.2, 0.25) is 0 Å². The standard InChI is InChI=1S/C44H26N2S/c1-2-16-30-27(12-1)13-10-23-35(30)41-40(45-42-36-20-5-3-17-32(36)33-18-4-6-21-37(33)43(42)46-41)29-15-9-14-28(26-29)31-22-11-24-38-34-19-7-8-25-39(34)47-44(31)38/h1-26H. The van der Waals surface area contributed by atoms with Gasteiger partial charge < -0.3 is 0 Å². The largest absolute Gasteiger partial charge is 0.243 e. The van der Waals surface area contributed by atoms with Crippen LogP contribution in [0.5, 0.6) is 0 Å². The highest BCUT2D eigenvalue weighted by Crippen LogP contribution is 2.43. The van der Waals surface area contributed by atoms with Gasteiger partial charge in [0.25, 0.3) is 0 Å². The number of aromatic nitrogens is 2. The second-order valence-corrected chi connectivity index (χ2v) is 13.1. The Morgan fingerprint density at radius 1 is 0.362 bits per heavy atom. The zero-order valence-electron chi connectivity index (χ0n) is 25.3. The minimum atomic E-state index is 0.889. The van der Waals surface area contributed by atoms with E-state index in [1.807, 2.05) is 11.3 Å². The van der Waals surface area contributed by atoms with E-state index in [0.717, 1.165) is 44.3 Å². The van der Waals surface area contributed by atoms with E-state index >= 15 is 0 Å². The van der Waals surface area contributed by atoms with Crippen molar-refractivity contribution in [3.8, 4) is 33.6 Å². The minimum absolute atomic E-state index is 0.889. The quantitative estimate of drug-likeness (QED) is 0.185. The lowest BCUT2D eigenvalue weighted by atomic mass is 9.94. The average molecular weight is 615 g/mol. The van der Waals surface area contributed by atoms with E-state index in [2.05, 4.69) is 158 Å². The first-order valence-corrected chi connectivity index (χ1v) is 16.7. The lowest BCUT2D eigenvalue weighted by Crippen LogP contribution is -1.98. The van der Waals surface area contributed by atoms with Gasteiger partial charge in [0, 0.05) is 42.1 Å². The first-order valence-electron chi connectivity index (χ1n) is 15.9. The van der Waals surface area contributed by atoms with E-state index in [1.54, 1.807) is 0 Å². The van der Waals surface area contributed by atoms with Gasteiger partial charge >= 0.3 is 0 Å². The molecule has 0 radical (unpaired) electrons. The number of benzene rings is 8. The topological polar surface area (TPSA) is 25.8 Å². The first kappa shape index (κ1) is 26.3. The number of nitrogens with zero attached hydrogens (tertiary/aromatic N) is 2. The van der Waals surface area contributed by atoms with E-state index < -0.39 is 0 Å². The van der Waals surface area contributed by atoms with Gasteiger partial charge in [0.05, 0.1) is 22.4 Å². The van der Waals surface area contributed by atoms with Crippen molar-refractivity contribution in [2.45, 2.75) is 0 Å². The fraction of sp³-hybridized carbons (Fsp3) is 0. The second-order valence-electron chi connectivity index (χ2n) is 12.1. The van der Waals surface area contributed by atoms with E-state index in [4.69, 9.17) is 9.97 Å². The Balaban J connectivity index is 1.30. The Hall–Kier alpha value is -5.90. The molecular formula is C44H26N2S. The SMILES string of the molecule is c1cc(-c2nc3c4ccccc4c4ccccc4c3nc2-c2cccc3ccccc23)cc(-c2cccc3c2sc2ccccc23)c1. The Morgan fingerprint density at radius 2 is 0.894 bits per heavy atom. The molecular weight excluding hydrogens is 589 g/mol. The van der Waals surface area contributed by atoms with Crippen LogP contribution in [0.4, 0.5) is 0 Å². The van der Waals surface area contributed by atoms with Crippen LogP contribution in [0, 0.1) is 0 Å². The molecule has 0 fully saturated rings. The van der Waals surface area contributed by atoms with Crippen LogP contribution in [0.2, 0.25) is 0 Å². The Labute approximate surface area is 275 Å². The summed E-state index contributed by atoms with van der Waals surface area (Å²) in [5.41, 5.74) is 8.19. The molecule has 10 rings (SSSR count). The molecule has 0 saturated heterocycles. The number of hydrogen-bond acceptors (Lipinski definition) is 3. The van der Waals surface area contributed by atoms with Gasteiger partial charge in [-0.1, -0.05) is 146 Å². The third-order valence-corrected chi connectivity index (χ3v) is 10.7. The summed E-state index contributed by atoms with van der Waals surface area (Å²) >= 11 is 1.86. The maximum atomic E-state index is 5.58. The van der Waals surface area contributed by atoms with Gasteiger partial charge in [0.1, 0.15) is 0 Å². The molecule has 0 aliphatic heterocycles. The van der Waals surface area contributed by atoms with Crippen LogP contribution in [-0.2, 0) is 0 Å². The first-order chi connectivity index (χ1) is 23.3. The van der Waals surface area contributed by atoms with Crippen molar-refractivity contribution in [2.75, 3.05) is 0 Å². The molecule has 8 aromatic carbocycles. The smallest absolute Gasteiger partial charge is 0.0979 e. The van der Waals surface area contributed by atoms with Crippen LogP contribution in [0.3, 0.4) is 0 Å². The summed E-state index contributed by atoms with van der Waals surface area (Å²) in [5, 5.41) is 9.58. The van der Waals surface area contributed by atoms with Crippen molar-refractivity contribution < 1.29 is 0 Å². The van der Waals surface area contributed by atoms with Crippen LogP contribution in [0.1, 0.15) is 0 Å². The lowest BCUT2D eigenvalue weighted by Gasteiger charge is -2.16. The predicted octanol–water partition coefficient (Wildman–Crippen LogP) is 12.5. The summed E-state index contributed by atoms with van der Waals surface area (Å²) in [7, 11) is 0. The zero-order chi connectivity index (χ0) is 30.9. The number of fused-ring (bicyclic) bond motifs is 10. The van der Waals surface area contributed by atoms with Crippen molar-refractivity contribution in [3.63, 3.8) is 0 Å². The fourth-order valence-corrected chi connectivity index (χ4v) is 8.53. The summed E-state index contributed by atoms with van der Waals surface area (Å²) in [6.45, 7) is 0. The summed E-state index contributed by atoms with van der Waals surface area (Å²) in [6, 6.07) is 56.4. The van der Waals surface area contributed by atoms with Crippen LogP contribution in [0.25, 0.3) is 97.2 Å². The third-order valence-electron chi connectivity index (χ3n) is 9.45. The molecule has 0 spiro atoms. The maximum absolute atomic E-state index is 5.58. The second kappa shape index (κ2) is 10.3. The summed E-state index contributed by atoms with van der Waals surface area (Å²) < 4.78 is 2.62. The number of hydrogen-bond donors (Lipinski definition) is 0. The van der Waals surface area contributed by atoms with Gasteiger partial charge in [-0.3, -0.25) is 0 Å². The van der Waals surface area contributed by atoms with Crippen LogP contribution in [-0.4, -0.2) is 9.97 Å². The zero-order valence-corrected chi connectivity index (χ0v) is 26.1. The summed E-state index contributed by atoms with van der Waals surface area (Å²) in [5.74, 6) is 0. The Bertz CT molecular complexity index is 2860. The molecule has 218 valence electrons. The molecule has 0 unspecified atom stereocenters. The Morgan fingerprint density at radius 3 is 1.68 bits per heavy atom. The van der Waals surface area contributed by atoms with Gasteiger partial charge in [-0.2, -0.15) is 0 Å². The molecule has 47 heavy (non-hydrogen) atoms. The van der Waals surface area contributed by atoms with E-state index in [-0.39, 0.29) is 0 Å². The molecule has 2 heterocycles. The fourth-order valence-electron chi connectivity index (χ4n) is 7.29. The molecule has 3 heteroatoms. The molecule has 2 nitrogen and oxygen atoms in total. The molecule has 0 bridgehead atoms. The predicted molar refractivity (Wildman–Crippen MR) is 201 cm³/mol. The highest BCUT2D eigenvalue weighted by atomic mass is 32.1. The van der Waals surface area contributed by atoms with Crippen LogP contribution in [0.15, 0.2) is 158 Å². The van der Waals surface area contributed by atoms with Gasteiger partial charge in [-0.15, -0.1) is 11.3 Å². The number of rotatable bonds is 3. The molecule has 0 aliphatic carbocycles. The highest BCUT2D eigenvalue weighted by Gasteiger charge is 2.20. The van der Waals surface area contributed by atoms with Crippen molar-refractivity contribution in [2.24, 2.45) is 0 Å².